The van der Waals surface area contributed by atoms with Crippen LogP contribution in [0.5, 0.6) is 0 Å². The summed E-state index contributed by atoms with van der Waals surface area (Å²) in [6, 6.07) is 9.34. The van der Waals surface area contributed by atoms with E-state index >= 15 is 0 Å². The molecule has 0 saturated carbocycles. The summed E-state index contributed by atoms with van der Waals surface area (Å²) in [7, 11) is 0. The van der Waals surface area contributed by atoms with Crippen LogP contribution in [-0.4, -0.2) is 15.8 Å². The first-order valence-electron chi connectivity index (χ1n) is 4.83. The monoisotopic (exact) mass is 235 g/mol. The summed E-state index contributed by atoms with van der Waals surface area (Å²) in [6.45, 7) is 3.32. The van der Waals surface area contributed by atoms with Crippen LogP contribution in [0.3, 0.4) is 0 Å². The highest BCUT2D eigenvalue weighted by Gasteiger charge is 2.27. The van der Waals surface area contributed by atoms with Crippen molar-refractivity contribution in [3.05, 3.63) is 35.4 Å². The first kappa shape index (κ1) is 12.6. The molecule has 4 heteroatoms. The molecule has 0 atom stereocenters. The average molecular weight is 235 g/mol. The molecular formula is C12H13NO2S. The average Bonchev–Trinajstić information content (AvgIpc) is 2.26. The van der Waals surface area contributed by atoms with E-state index in [0.717, 1.165) is 5.56 Å². The van der Waals surface area contributed by atoms with E-state index in [4.69, 9.17) is 10.4 Å². The Morgan fingerprint density at radius 1 is 1.50 bits per heavy atom. The van der Waals surface area contributed by atoms with Crippen molar-refractivity contribution in [2.24, 2.45) is 0 Å². The maximum Gasteiger partial charge on any atom is 0.319 e. The SMILES string of the molecule is CC(C)(SCc1ccccc1C#N)C(=O)O. The number of rotatable bonds is 4. The zero-order valence-electron chi connectivity index (χ0n) is 9.23. The highest BCUT2D eigenvalue weighted by molar-refractivity contribution is 8.00. The minimum absolute atomic E-state index is 0.531. The molecule has 1 aromatic rings. The minimum Gasteiger partial charge on any atom is -0.480 e. The number of carbonyl (C=O) groups is 1. The first-order valence-corrected chi connectivity index (χ1v) is 5.81. The Hall–Kier alpha value is -1.47. The maximum absolute atomic E-state index is 10.9. The van der Waals surface area contributed by atoms with Crippen LogP contribution in [0, 0.1) is 11.3 Å². The number of nitriles is 1. The summed E-state index contributed by atoms with van der Waals surface area (Å²) in [6.07, 6.45) is 0. The number of aliphatic carboxylic acids is 1. The molecule has 0 aromatic heterocycles. The van der Waals surface area contributed by atoms with Crippen molar-refractivity contribution in [3.63, 3.8) is 0 Å². The molecular weight excluding hydrogens is 222 g/mol. The maximum atomic E-state index is 10.9. The van der Waals surface area contributed by atoms with E-state index in [9.17, 15) is 4.79 Å². The Morgan fingerprint density at radius 3 is 2.69 bits per heavy atom. The van der Waals surface area contributed by atoms with Gasteiger partial charge in [-0.3, -0.25) is 4.79 Å². The molecule has 3 nitrogen and oxygen atoms in total. The lowest BCUT2D eigenvalue weighted by Crippen LogP contribution is -2.27. The van der Waals surface area contributed by atoms with Crippen LogP contribution in [0.4, 0.5) is 0 Å². The molecule has 0 saturated heterocycles. The normalized spacial score (nSPS) is 10.8. The summed E-state index contributed by atoms with van der Waals surface area (Å²) in [5.74, 6) is -0.310. The van der Waals surface area contributed by atoms with E-state index in [2.05, 4.69) is 6.07 Å². The lowest BCUT2D eigenvalue weighted by atomic mass is 10.1. The second kappa shape index (κ2) is 5.04. The van der Waals surface area contributed by atoms with Gasteiger partial charge < -0.3 is 5.11 Å². The summed E-state index contributed by atoms with van der Waals surface area (Å²) in [4.78, 5) is 10.9. The Morgan fingerprint density at radius 2 is 2.12 bits per heavy atom. The van der Waals surface area contributed by atoms with Crippen molar-refractivity contribution < 1.29 is 9.90 Å². The molecule has 0 aliphatic rings. The van der Waals surface area contributed by atoms with Crippen molar-refractivity contribution in [2.75, 3.05) is 0 Å². The van der Waals surface area contributed by atoms with E-state index < -0.39 is 10.7 Å². The zero-order chi connectivity index (χ0) is 12.2. The topological polar surface area (TPSA) is 61.1 Å². The van der Waals surface area contributed by atoms with E-state index in [-0.39, 0.29) is 0 Å². The van der Waals surface area contributed by atoms with Crippen molar-refractivity contribution in [3.8, 4) is 6.07 Å². The van der Waals surface area contributed by atoms with Gasteiger partial charge in [-0.05, 0) is 25.5 Å². The van der Waals surface area contributed by atoms with Gasteiger partial charge in [0, 0.05) is 5.75 Å². The van der Waals surface area contributed by atoms with Crippen LogP contribution in [0.2, 0.25) is 0 Å². The van der Waals surface area contributed by atoms with Crippen molar-refractivity contribution in [1.29, 1.82) is 5.26 Å². The number of nitrogens with zero attached hydrogens (tertiary/aromatic N) is 1. The van der Waals surface area contributed by atoms with Crippen molar-refractivity contribution in [2.45, 2.75) is 24.3 Å². The third-order valence-electron chi connectivity index (χ3n) is 2.24. The largest absolute Gasteiger partial charge is 0.480 e. The number of thioether (sulfide) groups is 1. The zero-order valence-corrected chi connectivity index (χ0v) is 10.0. The van der Waals surface area contributed by atoms with E-state index in [1.807, 2.05) is 12.1 Å². The van der Waals surface area contributed by atoms with Gasteiger partial charge in [0.15, 0.2) is 0 Å². The van der Waals surface area contributed by atoms with Crippen LogP contribution in [0.1, 0.15) is 25.0 Å². The first-order chi connectivity index (χ1) is 7.47. The van der Waals surface area contributed by atoms with Crippen LogP contribution in [0.25, 0.3) is 0 Å². The molecule has 84 valence electrons. The molecule has 1 rings (SSSR count). The molecule has 1 N–H and O–H groups in total. The van der Waals surface area contributed by atoms with Crippen LogP contribution >= 0.6 is 11.8 Å². The standard InChI is InChI=1S/C12H13NO2S/c1-12(2,11(14)15)16-8-10-6-4-3-5-9(10)7-13/h3-6H,8H2,1-2H3,(H,14,15). The van der Waals surface area contributed by atoms with Crippen LogP contribution in [0.15, 0.2) is 24.3 Å². The highest BCUT2D eigenvalue weighted by atomic mass is 32.2. The molecule has 0 spiro atoms. The molecule has 0 aliphatic carbocycles. The molecule has 1 aromatic carbocycles. The Kier molecular flexibility index (Phi) is 3.97. The summed E-state index contributed by atoms with van der Waals surface area (Å²) < 4.78 is -0.831. The van der Waals surface area contributed by atoms with E-state index in [1.54, 1.807) is 26.0 Å². The molecule has 0 bridgehead atoms. The predicted octanol–water partition coefficient (Wildman–Crippen LogP) is 2.65. The van der Waals surface area contributed by atoms with Gasteiger partial charge in [0.1, 0.15) is 4.75 Å². The Bertz CT molecular complexity index is 435. The minimum atomic E-state index is -0.841. The fourth-order valence-corrected chi connectivity index (χ4v) is 1.97. The molecule has 0 aliphatic heterocycles. The van der Waals surface area contributed by atoms with Gasteiger partial charge in [-0.25, -0.2) is 0 Å². The number of benzene rings is 1. The Balaban J connectivity index is 2.76. The smallest absolute Gasteiger partial charge is 0.319 e. The van der Waals surface area contributed by atoms with Gasteiger partial charge >= 0.3 is 5.97 Å². The molecule has 0 heterocycles. The number of hydrogen-bond acceptors (Lipinski definition) is 3. The predicted molar refractivity (Wildman–Crippen MR) is 64.2 cm³/mol. The third-order valence-corrected chi connectivity index (χ3v) is 3.59. The molecule has 16 heavy (non-hydrogen) atoms. The number of carboxylic acids is 1. The number of hydrogen-bond donors (Lipinski definition) is 1. The van der Waals surface area contributed by atoms with Gasteiger partial charge in [-0.2, -0.15) is 5.26 Å². The van der Waals surface area contributed by atoms with Gasteiger partial charge in [-0.1, -0.05) is 18.2 Å². The van der Waals surface area contributed by atoms with E-state index in [0.29, 0.717) is 11.3 Å². The van der Waals surface area contributed by atoms with Crippen LogP contribution in [-0.2, 0) is 10.5 Å². The Labute approximate surface area is 99.1 Å². The van der Waals surface area contributed by atoms with Gasteiger partial charge in [0.25, 0.3) is 0 Å². The van der Waals surface area contributed by atoms with Crippen LogP contribution < -0.4 is 0 Å². The van der Waals surface area contributed by atoms with E-state index in [1.165, 1.54) is 11.8 Å². The summed E-state index contributed by atoms with van der Waals surface area (Å²) in [5, 5.41) is 17.8. The van der Waals surface area contributed by atoms with Crippen molar-refractivity contribution >= 4 is 17.7 Å². The quantitative estimate of drug-likeness (QED) is 0.871. The fourth-order valence-electron chi connectivity index (χ4n) is 1.08. The second-order valence-electron chi connectivity index (χ2n) is 3.87. The molecule has 0 unspecified atom stereocenters. The third kappa shape index (κ3) is 3.01. The molecule has 0 fully saturated rings. The highest BCUT2D eigenvalue weighted by Crippen LogP contribution is 2.29. The van der Waals surface area contributed by atoms with Crippen molar-refractivity contribution in [1.82, 2.24) is 0 Å². The molecule has 0 radical (unpaired) electrons. The number of carboxylic acid groups (broad SMARTS) is 1. The van der Waals surface area contributed by atoms with Gasteiger partial charge in [0.05, 0.1) is 11.6 Å². The molecule has 0 amide bonds. The van der Waals surface area contributed by atoms with Gasteiger partial charge in [0.2, 0.25) is 0 Å². The van der Waals surface area contributed by atoms with Gasteiger partial charge in [-0.15, -0.1) is 11.8 Å². The summed E-state index contributed by atoms with van der Waals surface area (Å²) in [5.41, 5.74) is 1.49. The fraction of sp³-hybridized carbons (Fsp3) is 0.333. The lowest BCUT2D eigenvalue weighted by molar-refractivity contribution is -0.138. The lowest BCUT2D eigenvalue weighted by Gasteiger charge is -2.18. The second-order valence-corrected chi connectivity index (χ2v) is 5.47. The summed E-state index contributed by atoms with van der Waals surface area (Å²) >= 11 is 1.32.